The Bertz CT molecular complexity index is 807. The number of aromatic nitrogens is 1. The van der Waals surface area contributed by atoms with Crippen LogP contribution in [0.25, 0.3) is 10.9 Å². The van der Waals surface area contributed by atoms with Gasteiger partial charge in [-0.2, -0.15) is 0 Å². The zero-order valence-electron chi connectivity index (χ0n) is 13.6. The first-order valence-corrected chi connectivity index (χ1v) is 10.1. The molecule has 0 saturated carbocycles. The van der Waals surface area contributed by atoms with Crippen molar-refractivity contribution in [2.24, 2.45) is 0 Å². The van der Waals surface area contributed by atoms with E-state index in [1.54, 1.807) is 0 Å². The van der Waals surface area contributed by atoms with Crippen molar-refractivity contribution in [3.05, 3.63) is 66.4 Å². The van der Waals surface area contributed by atoms with Crippen LogP contribution in [0.3, 0.4) is 0 Å². The highest BCUT2D eigenvalue weighted by molar-refractivity contribution is 9.08. The number of fused-ring (bicyclic) bond motifs is 1. The molecule has 1 aliphatic rings. The second-order valence-corrected chi connectivity index (χ2v) is 8.51. The summed E-state index contributed by atoms with van der Waals surface area (Å²) in [5.41, 5.74) is 2.67. The van der Waals surface area contributed by atoms with Crippen LogP contribution in [-0.2, 0) is 6.54 Å². The quantitative estimate of drug-likeness (QED) is 0.566. The van der Waals surface area contributed by atoms with Crippen LogP contribution in [0.1, 0.15) is 18.4 Å². The zero-order valence-corrected chi connectivity index (χ0v) is 16.0. The number of likely N-dealkylation sites (tertiary alicyclic amines) is 1. The molecule has 24 heavy (non-hydrogen) atoms. The van der Waals surface area contributed by atoms with Crippen LogP contribution in [0.15, 0.2) is 65.7 Å². The summed E-state index contributed by atoms with van der Waals surface area (Å²) < 4.78 is 2.06. The summed E-state index contributed by atoms with van der Waals surface area (Å²) in [7, 11) is 0. The van der Waals surface area contributed by atoms with Gasteiger partial charge in [-0.15, -0.1) is 11.8 Å². The van der Waals surface area contributed by atoms with Gasteiger partial charge in [-0.1, -0.05) is 48.5 Å². The van der Waals surface area contributed by atoms with Crippen molar-refractivity contribution in [1.29, 1.82) is 0 Å². The molecule has 1 aromatic heterocycles. The molecule has 2 heterocycles. The van der Waals surface area contributed by atoms with E-state index in [-0.39, 0.29) is 0 Å². The average molecular weight is 401 g/mol. The Morgan fingerprint density at radius 1 is 0.958 bits per heavy atom. The lowest BCUT2D eigenvalue weighted by molar-refractivity contribution is 0.225. The van der Waals surface area contributed by atoms with E-state index >= 15 is 0 Å². The average Bonchev–Trinajstić information content (AvgIpc) is 2.94. The molecule has 0 aliphatic carbocycles. The van der Waals surface area contributed by atoms with Gasteiger partial charge in [0, 0.05) is 28.3 Å². The third-order valence-electron chi connectivity index (χ3n) is 4.71. The summed E-state index contributed by atoms with van der Waals surface area (Å²) in [5.74, 6) is 0. The molecule has 0 N–H and O–H groups in total. The normalized spacial score (nSPS) is 16.7. The molecule has 0 bridgehead atoms. The van der Waals surface area contributed by atoms with E-state index in [0.29, 0.717) is 0 Å². The van der Waals surface area contributed by atoms with Gasteiger partial charge >= 0.3 is 0 Å². The van der Waals surface area contributed by atoms with Crippen LogP contribution in [0.2, 0.25) is 0 Å². The molecule has 0 unspecified atom stereocenters. The maximum Gasteiger partial charge on any atom is 0.0603 e. The van der Waals surface area contributed by atoms with Gasteiger partial charge in [0.15, 0.2) is 0 Å². The number of rotatable bonds is 4. The van der Waals surface area contributed by atoms with Crippen LogP contribution < -0.4 is 0 Å². The summed E-state index contributed by atoms with van der Waals surface area (Å²) in [5, 5.41) is 2.07. The SMILES string of the molecule is Brn1cc(SC2CCN(Cc3ccccc3)CC2)c2ccccc21. The summed E-state index contributed by atoms with van der Waals surface area (Å²) >= 11 is 5.67. The molecule has 0 atom stereocenters. The van der Waals surface area contributed by atoms with Crippen molar-refractivity contribution >= 4 is 38.8 Å². The molecule has 1 fully saturated rings. The highest BCUT2D eigenvalue weighted by atomic mass is 79.9. The maximum atomic E-state index is 3.62. The van der Waals surface area contributed by atoms with Crippen molar-refractivity contribution in [3.8, 4) is 0 Å². The molecule has 3 aromatic rings. The van der Waals surface area contributed by atoms with Crippen LogP contribution in [0.4, 0.5) is 0 Å². The minimum Gasteiger partial charge on any atom is -0.299 e. The van der Waals surface area contributed by atoms with Crippen LogP contribution in [0.5, 0.6) is 0 Å². The number of nitrogens with zero attached hydrogens (tertiary/aromatic N) is 2. The molecule has 0 amide bonds. The Kier molecular flexibility index (Phi) is 4.97. The minimum absolute atomic E-state index is 0.718. The van der Waals surface area contributed by atoms with Gasteiger partial charge in [0.1, 0.15) is 0 Å². The largest absolute Gasteiger partial charge is 0.299 e. The van der Waals surface area contributed by atoms with Gasteiger partial charge in [-0.3, -0.25) is 8.49 Å². The topological polar surface area (TPSA) is 8.17 Å². The third-order valence-corrected chi connectivity index (χ3v) is 6.68. The molecular formula is C20H21BrN2S. The van der Waals surface area contributed by atoms with E-state index in [4.69, 9.17) is 0 Å². The molecular weight excluding hydrogens is 380 g/mol. The van der Waals surface area contributed by atoms with E-state index in [0.717, 1.165) is 11.8 Å². The number of para-hydroxylation sites is 1. The van der Waals surface area contributed by atoms with Crippen molar-refractivity contribution in [3.63, 3.8) is 0 Å². The lowest BCUT2D eigenvalue weighted by Gasteiger charge is -2.31. The lowest BCUT2D eigenvalue weighted by atomic mass is 10.1. The van der Waals surface area contributed by atoms with Crippen LogP contribution in [0, 0.1) is 0 Å². The molecule has 0 radical (unpaired) electrons. The number of piperidine rings is 1. The molecule has 2 aromatic carbocycles. The monoisotopic (exact) mass is 400 g/mol. The Morgan fingerprint density at radius 2 is 1.67 bits per heavy atom. The van der Waals surface area contributed by atoms with E-state index in [1.165, 1.54) is 47.3 Å². The number of hydrogen-bond acceptors (Lipinski definition) is 2. The fourth-order valence-corrected chi connectivity index (χ4v) is 5.33. The summed E-state index contributed by atoms with van der Waals surface area (Å²) in [4.78, 5) is 3.98. The minimum atomic E-state index is 0.718. The molecule has 2 nitrogen and oxygen atoms in total. The zero-order chi connectivity index (χ0) is 16.4. The van der Waals surface area contributed by atoms with Crippen LogP contribution >= 0.6 is 27.9 Å². The third kappa shape index (κ3) is 3.56. The molecule has 124 valence electrons. The number of thioether (sulfide) groups is 1. The number of benzene rings is 2. The van der Waals surface area contributed by atoms with Gasteiger partial charge in [0.05, 0.1) is 21.7 Å². The van der Waals surface area contributed by atoms with Gasteiger partial charge in [-0.05, 0) is 37.6 Å². The van der Waals surface area contributed by atoms with Crippen molar-refractivity contribution in [2.45, 2.75) is 29.5 Å². The highest BCUT2D eigenvalue weighted by Crippen LogP contribution is 2.37. The first-order chi connectivity index (χ1) is 11.8. The molecule has 4 heteroatoms. The standard InChI is InChI=1S/C20H21BrN2S/c21-23-15-20(18-8-4-5-9-19(18)23)24-17-10-12-22(13-11-17)14-16-6-2-1-3-7-16/h1-9,15,17H,10-14H2. The molecule has 0 spiro atoms. The second kappa shape index (κ2) is 7.34. The van der Waals surface area contributed by atoms with Crippen molar-refractivity contribution in [2.75, 3.05) is 13.1 Å². The molecule has 1 saturated heterocycles. The van der Waals surface area contributed by atoms with Crippen LogP contribution in [-0.4, -0.2) is 26.8 Å². The van der Waals surface area contributed by atoms with Crippen molar-refractivity contribution < 1.29 is 0 Å². The van der Waals surface area contributed by atoms with E-state index in [1.807, 2.05) is 11.8 Å². The highest BCUT2D eigenvalue weighted by Gasteiger charge is 2.21. The van der Waals surface area contributed by atoms with Gasteiger partial charge in [0.2, 0.25) is 0 Å². The Balaban J connectivity index is 1.38. The van der Waals surface area contributed by atoms with E-state index in [2.05, 4.69) is 85.4 Å². The molecule has 4 rings (SSSR count). The first kappa shape index (κ1) is 16.2. The van der Waals surface area contributed by atoms with Crippen molar-refractivity contribution in [1.82, 2.24) is 8.49 Å². The second-order valence-electron chi connectivity index (χ2n) is 6.40. The smallest absolute Gasteiger partial charge is 0.0603 e. The first-order valence-electron chi connectivity index (χ1n) is 8.49. The predicted octanol–water partition coefficient (Wildman–Crippen LogP) is 5.56. The Hall–Kier alpha value is -1.23. The number of hydrogen-bond donors (Lipinski definition) is 0. The van der Waals surface area contributed by atoms with Gasteiger partial charge < -0.3 is 0 Å². The fourth-order valence-electron chi connectivity index (χ4n) is 3.41. The Labute approximate surface area is 156 Å². The van der Waals surface area contributed by atoms with E-state index in [9.17, 15) is 0 Å². The maximum absolute atomic E-state index is 3.62. The molecule has 1 aliphatic heterocycles. The lowest BCUT2D eigenvalue weighted by Crippen LogP contribution is -2.34. The Morgan fingerprint density at radius 3 is 2.46 bits per heavy atom. The van der Waals surface area contributed by atoms with E-state index < -0.39 is 0 Å². The van der Waals surface area contributed by atoms with Gasteiger partial charge in [0.25, 0.3) is 0 Å². The summed E-state index contributed by atoms with van der Waals surface area (Å²) in [6.07, 6.45) is 4.74. The predicted molar refractivity (Wildman–Crippen MR) is 107 cm³/mol. The fraction of sp³-hybridized carbons (Fsp3) is 0.300. The van der Waals surface area contributed by atoms with Gasteiger partial charge in [-0.25, -0.2) is 0 Å². The number of halogens is 1. The summed E-state index contributed by atoms with van der Waals surface area (Å²) in [6.45, 7) is 3.47. The summed E-state index contributed by atoms with van der Waals surface area (Å²) in [6, 6.07) is 19.4.